The number of nitrogens with one attached hydrogen (secondary N) is 2. The van der Waals surface area contributed by atoms with E-state index in [-0.39, 0.29) is 5.69 Å². The van der Waals surface area contributed by atoms with E-state index in [2.05, 4.69) is 25.6 Å². The van der Waals surface area contributed by atoms with Crippen LogP contribution in [0.15, 0.2) is 52.6 Å². The second-order valence-corrected chi connectivity index (χ2v) is 6.47. The van der Waals surface area contributed by atoms with Crippen molar-refractivity contribution in [1.29, 1.82) is 0 Å². The Morgan fingerprint density at radius 2 is 2.16 bits per heavy atom. The summed E-state index contributed by atoms with van der Waals surface area (Å²) in [6.07, 6.45) is 1.83. The number of nitrogen functional groups attached to an aromatic ring is 1. The minimum Gasteiger partial charge on any atom is -0.396 e. The summed E-state index contributed by atoms with van der Waals surface area (Å²) >= 11 is 1.25. The number of benzene rings is 1. The molecule has 0 bridgehead atoms. The molecule has 0 atom stereocenters. The molecule has 0 fully saturated rings. The summed E-state index contributed by atoms with van der Waals surface area (Å²) < 4.78 is 15.4. The van der Waals surface area contributed by atoms with Crippen LogP contribution >= 0.6 is 11.8 Å². The molecular weight excluding hydrogens is 341 g/mol. The molecule has 7 nitrogen and oxygen atoms in total. The Hall–Kier alpha value is -3.07. The predicted molar refractivity (Wildman–Crippen MR) is 94.5 cm³/mol. The molecule has 4 N–H and O–H groups in total. The maximum atomic E-state index is 13.6. The average molecular weight is 355 g/mol. The Bertz CT molecular complexity index is 1060. The molecule has 0 spiro atoms. The van der Waals surface area contributed by atoms with Gasteiger partial charge in [0, 0.05) is 22.9 Å². The van der Waals surface area contributed by atoms with Gasteiger partial charge in [-0.05, 0) is 49.0 Å². The van der Waals surface area contributed by atoms with Crippen LogP contribution in [0.4, 0.5) is 21.7 Å². The van der Waals surface area contributed by atoms with Crippen LogP contribution < -0.4 is 11.1 Å². The molecule has 0 unspecified atom stereocenters. The van der Waals surface area contributed by atoms with Crippen molar-refractivity contribution < 1.29 is 4.39 Å². The third-order valence-electron chi connectivity index (χ3n) is 3.50. The monoisotopic (exact) mass is 355 g/mol. The highest BCUT2D eigenvalue weighted by atomic mass is 32.2. The highest BCUT2D eigenvalue weighted by Gasteiger charge is 2.11. The van der Waals surface area contributed by atoms with Gasteiger partial charge in [-0.15, -0.1) is 5.10 Å². The number of aromatic amines is 1. The van der Waals surface area contributed by atoms with Crippen molar-refractivity contribution in [1.82, 2.24) is 24.8 Å². The zero-order valence-corrected chi connectivity index (χ0v) is 14.0. The quantitative estimate of drug-likeness (QED) is 0.486. The summed E-state index contributed by atoms with van der Waals surface area (Å²) in [5, 5.41) is 15.1. The van der Waals surface area contributed by atoms with Crippen molar-refractivity contribution in [3.63, 3.8) is 0 Å². The van der Waals surface area contributed by atoms with Crippen molar-refractivity contribution in [3.05, 3.63) is 54.1 Å². The van der Waals surface area contributed by atoms with Gasteiger partial charge in [-0.2, -0.15) is 5.10 Å². The third-order valence-corrected chi connectivity index (χ3v) is 4.35. The van der Waals surface area contributed by atoms with E-state index in [0.717, 1.165) is 11.2 Å². The van der Waals surface area contributed by atoms with E-state index in [1.807, 2.05) is 31.3 Å². The number of rotatable bonds is 4. The molecule has 0 aliphatic heterocycles. The summed E-state index contributed by atoms with van der Waals surface area (Å²) in [6.45, 7) is 1.92. The molecule has 0 aliphatic carbocycles. The second kappa shape index (κ2) is 6.10. The summed E-state index contributed by atoms with van der Waals surface area (Å²) in [7, 11) is 0. The van der Waals surface area contributed by atoms with Crippen LogP contribution in [-0.4, -0.2) is 24.8 Å². The molecule has 3 aromatic heterocycles. The second-order valence-electron chi connectivity index (χ2n) is 5.43. The van der Waals surface area contributed by atoms with Crippen LogP contribution in [0.3, 0.4) is 0 Å². The van der Waals surface area contributed by atoms with E-state index >= 15 is 0 Å². The first kappa shape index (κ1) is 15.5. The highest BCUT2D eigenvalue weighted by Crippen LogP contribution is 2.29. The van der Waals surface area contributed by atoms with E-state index in [9.17, 15) is 4.39 Å². The third kappa shape index (κ3) is 3.13. The van der Waals surface area contributed by atoms with E-state index in [0.29, 0.717) is 21.7 Å². The fraction of sp³-hybridized carbons (Fsp3) is 0.0625. The average Bonchev–Trinajstić information content (AvgIpc) is 3.20. The number of H-pyrrole nitrogens is 1. The van der Waals surface area contributed by atoms with Gasteiger partial charge in [0.05, 0.1) is 5.69 Å². The smallest absolute Gasteiger partial charge is 0.214 e. The molecule has 126 valence electrons. The SMILES string of the molecule is Cc1cc(Nc2nc(Sc3ccc(N)c(F)c3)nn3cccc23)n[nH]1. The number of aryl methyl sites for hydroxylation is 1. The lowest BCUT2D eigenvalue weighted by Crippen LogP contribution is -2.02. The summed E-state index contributed by atoms with van der Waals surface area (Å²) in [5.74, 6) is 0.816. The first-order valence-electron chi connectivity index (χ1n) is 7.46. The lowest BCUT2D eigenvalue weighted by molar-refractivity contribution is 0.629. The Kier molecular flexibility index (Phi) is 3.77. The maximum absolute atomic E-state index is 13.6. The number of aromatic nitrogens is 5. The molecule has 25 heavy (non-hydrogen) atoms. The Morgan fingerprint density at radius 3 is 2.92 bits per heavy atom. The molecule has 0 radical (unpaired) electrons. The molecule has 3 heterocycles. The van der Waals surface area contributed by atoms with Gasteiger partial charge in [0.25, 0.3) is 0 Å². The molecule has 0 saturated heterocycles. The molecule has 4 rings (SSSR count). The molecular formula is C16H14FN7S. The Labute approximate surface area is 146 Å². The van der Waals surface area contributed by atoms with Gasteiger partial charge in [0.1, 0.15) is 11.3 Å². The topological polar surface area (TPSA) is 96.9 Å². The van der Waals surface area contributed by atoms with E-state index in [1.165, 1.54) is 23.9 Å². The number of nitrogens with zero attached hydrogens (tertiary/aromatic N) is 4. The number of hydrogen-bond donors (Lipinski definition) is 3. The molecule has 0 amide bonds. The van der Waals surface area contributed by atoms with Gasteiger partial charge in [0.15, 0.2) is 11.6 Å². The molecule has 9 heteroatoms. The molecule has 4 aromatic rings. The van der Waals surface area contributed by atoms with Gasteiger partial charge in [0.2, 0.25) is 5.16 Å². The lowest BCUT2D eigenvalue weighted by Gasteiger charge is -2.08. The van der Waals surface area contributed by atoms with E-state index in [4.69, 9.17) is 5.73 Å². The van der Waals surface area contributed by atoms with Gasteiger partial charge in [-0.1, -0.05) is 0 Å². The van der Waals surface area contributed by atoms with E-state index in [1.54, 1.807) is 10.6 Å². The van der Waals surface area contributed by atoms with Crippen LogP contribution in [-0.2, 0) is 0 Å². The number of anilines is 3. The fourth-order valence-electron chi connectivity index (χ4n) is 2.33. The van der Waals surface area contributed by atoms with Gasteiger partial charge >= 0.3 is 0 Å². The van der Waals surface area contributed by atoms with Crippen molar-refractivity contribution in [2.24, 2.45) is 0 Å². The van der Waals surface area contributed by atoms with Crippen LogP contribution in [0.25, 0.3) is 5.52 Å². The highest BCUT2D eigenvalue weighted by molar-refractivity contribution is 7.99. The van der Waals surface area contributed by atoms with Crippen molar-refractivity contribution >= 4 is 34.6 Å². The van der Waals surface area contributed by atoms with Crippen LogP contribution in [0.2, 0.25) is 0 Å². The van der Waals surface area contributed by atoms with Gasteiger partial charge < -0.3 is 11.1 Å². The largest absolute Gasteiger partial charge is 0.396 e. The predicted octanol–water partition coefficient (Wildman–Crippen LogP) is 3.38. The Balaban J connectivity index is 1.70. The standard InChI is InChI=1S/C16H14FN7S/c1-9-7-14(22-21-9)19-15-13-3-2-6-24(13)23-16(20-15)25-10-4-5-12(18)11(17)8-10/h2-8H,18H2,1H3,(H2,19,20,21,22,23). The number of nitrogens with two attached hydrogens (primary N) is 1. The number of fused-ring (bicyclic) bond motifs is 1. The van der Waals surface area contributed by atoms with Crippen LogP contribution in [0.1, 0.15) is 5.69 Å². The minimum absolute atomic E-state index is 0.113. The van der Waals surface area contributed by atoms with Gasteiger partial charge in [-0.25, -0.2) is 13.9 Å². The van der Waals surface area contributed by atoms with Crippen LogP contribution in [0.5, 0.6) is 0 Å². The lowest BCUT2D eigenvalue weighted by atomic mass is 10.3. The minimum atomic E-state index is -0.461. The fourth-order valence-corrected chi connectivity index (χ4v) is 3.10. The molecule has 0 aliphatic rings. The normalized spacial score (nSPS) is 11.1. The van der Waals surface area contributed by atoms with Crippen molar-refractivity contribution in [2.45, 2.75) is 17.0 Å². The summed E-state index contributed by atoms with van der Waals surface area (Å²) in [4.78, 5) is 5.20. The molecule has 0 saturated carbocycles. The Morgan fingerprint density at radius 1 is 1.28 bits per heavy atom. The van der Waals surface area contributed by atoms with Crippen LogP contribution in [0, 0.1) is 12.7 Å². The van der Waals surface area contributed by atoms with Crippen molar-refractivity contribution in [2.75, 3.05) is 11.1 Å². The summed E-state index contributed by atoms with van der Waals surface area (Å²) in [6, 6.07) is 10.3. The molecule has 1 aromatic carbocycles. The number of halogens is 1. The van der Waals surface area contributed by atoms with Gasteiger partial charge in [-0.3, -0.25) is 5.10 Å². The maximum Gasteiger partial charge on any atom is 0.214 e. The summed E-state index contributed by atoms with van der Waals surface area (Å²) in [5.41, 5.74) is 7.38. The zero-order valence-electron chi connectivity index (χ0n) is 13.2. The first-order valence-corrected chi connectivity index (χ1v) is 8.27. The first-order chi connectivity index (χ1) is 12.1. The van der Waals surface area contributed by atoms with E-state index < -0.39 is 5.82 Å². The number of hydrogen-bond acceptors (Lipinski definition) is 6. The zero-order chi connectivity index (χ0) is 17.4. The van der Waals surface area contributed by atoms with Crippen molar-refractivity contribution in [3.8, 4) is 0 Å².